The third-order valence-electron chi connectivity index (χ3n) is 2.69. The molecule has 0 radical (unpaired) electrons. The second kappa shape index (κ2) is 10.2. The molecule has 0 aromatic heterocycles. The van der Waals surface area contributed by atoms with E-state index in [4.69, 9.17) is 14.2 Å². The first-order valence-corrected chi connectivity index (χ1v) is 6.75. The highest BCUT2D eigenvalue weighted by Gasteiger charge is 2.07. The van der Waals surface area contributed by atoms with Crippen molar-refractivity contribution in [3.63, 3.8) is 0 Å². The van der Waals surface area contributed by atoms with Gasteiger partial charge in [-0.1, -0.05) is 30.3 Å². The summed E-state index contributed by atoms with van der Waals surface area (Å²) in [6.07, 6.45) is 4.63. The van der Waals surface area contributed by atoms with Crippen LogP contribution in [0.5, 0.6) is 0 Å². The Bertz CT molecular complexity index is 400. The number of hydrogen-bond acceptors (Lipinski definition) is 4. The first-order chi connectivity index (χ1) is 9.76. The molecule has 0 fully saturated rings. The first-order valence-electron chi connectivity index (χ1n) is 6.75. The summed E-state index contributed by atoms with van der Waals surface area (Å²) in [6.45, 7) is 2.35. The van der Waals surface area contributed by atoms with Gasteiger partial charge in [0.1, 0.15) is 6.79 Å². The van der Waals surface area contributed by atoms with Crippen molar-refractivity contribution in [1.29, 1.82) is 0 Å². The lowest BCUT2D eigenvalue weighted by Crippen LogP contribution is -2.14. The Morgan fingerprint density at radius 3 is 2.70 bits per heavy atom. The molecular weight excluding hydrogens is 256 g/mol. The molecule has 4 heteroatoms. The van der Waals surface area contributed by atoms with Gasteiger partial charge in [0.15, 0.2) is 0 Å². The molecular formula is C16H22O4. The lowest BCUT2D eigenvalue weighted by atomic mass is 10.1. The van der Waals surface area contributed by atoms with Crippen molar-refractivity contribution in [1.82, 2.24) is 0 Å². The van der Waals surface area contributed by atoms with Gasteiger partial charge in [-0.25, -0.2) is 4.79 Å². The van der Waals surface area contributed by atoms with Gasteiger partial charge in [0.2, 0.25) is 0 Å². The van der Waals surface area contributed by atoms with Gasteiger partial charge in [-0.3, -0.25) is 0 Å². The highest BCUT2D eigenvalue weighted by molar-refractivity contribution is 5.81. The van der Waals surface area contributed by atoms with Gasteiger partial charge >= 0.3 is 5.97 Å². The van der Waals surface area contributed by atoms with E-state index < -0.39 is 0 Å². The molecule has 1 rings (SSSR count). The lowest BCUT2D eigenvalue weighted by molar-refractivity contribution is -0.137. The van der Waals surface area contributed by atoms with Crippen molar-refractivity contribution in [2.24, 2.45) is 0 Å². The Balaban J connectivity index is 2.48. The van der Waals surface area contributed by atoms with Gasteiger partial charge < -0.3 is 14.2 Å². The van der Waals surface area contributed by atoms with Crippen molar-refractivity contribution in [3.05, 3.63) is 48.0 Å². The zero-order valence-corrected chi connectivity index (χ0v) is 12.1. The topological polar surface area (TPSA) is 44.8 Å². The summed E-state index contributed by atoms with van der Waals surface area (Å²) >= 11 is 0. The van der Waals surface area contributed by atoms with Gasteiger partial charge in [-0.2, -0.15) is 0 Å². The average molecular weight is 278 g/mol. The van der Waals surface area contributed by atoms with Crippen LogP contribution in [0.15, 0.2) is 42.5 Å². The van der Waals surface area contributed by atoms with Crippen LogP contribution >= 0.6 is 0 Å². The van der Waals surface area contributed by atoms with Crippen LogP contribution in [0.25, 0.3) is 0 Å². The Hall–Kier alpha value is -1.65. The van der Waals surface area contributed by atoms with E-state index in [0.717, 1.165) is 12.8 Å². The Labute approximate surface area is 120 Å². The van der Waals surface area contributed by atoms with Gasteiger partial charge in [-0.15, -0.1) is 0 Å². The standard InChI is InChI=1S/C16H22O4/c1-3-19-16(17)12-11-15(20-13-18-2)10-9-14-7-5-4-6-8-14/h4-8,11-12,15H,3,9-10,13H2,1-2H3/b12-11+. The molecule has 0 saturated heterocycles. The lowest BCUT2D eigenvalue weighted by Gasteiger charge is -2.13. The Morgan fingerprint density at radius 1 is 1.30 bits per heavy atom. The number of hydrogen-bond donors (Lipinski definition) is 0. The summed E-state index contributed by atoms with van der Waals surface area (Å²) in [6, 6.07) is 10.2. The zero-order valence-electron chi connectivity index (χ0n) is 12.1. The summed E-state index contributed by atoms with van der Waals surface area (Å²) in [5.41, 5.74) is 1.24. The molecule has 0 aliphatic heterocycles. The van der Waals surface area contributed by atoms with Crippen LogP contribution < -0.4 is 0 Å². The van der Waals surface area contributed by atoms with E-state index in [0.29, 0.717) is 6.61 Å². The molecule has 0 saturated carbocycles. The summed E-state index contributed by atoms with van der Waals surface area (Å²) < 4.78 is 15.3. The SMILES string of the molecule is CCOC(=O)/C=C/C(CCc1ccccc1)OCOC. The number of benzene rings is 1. The number of methoxy groups -OCH3 is 1. The molecule has 4 nitrogen and oxygen atoms in total. The predicted molar refractivity (Wildman–Crippen MR) is 77.3 cm³/mol. The fourth-order valence-electron chi connectivity index (χ4n) is 1.72. The molecule has 0 heterocycles. The van der Waals surface area contributed by atoms with Gasteiger partial charge in [0.05, 0.1) is 12.7 Å². The van der Waals surface area contributed by atoms with Crippen LogP contribution in [0.2, 0.25) is 0 Å². The minimum Gasteiger partial charge on any atom is -0.463 e. The Kier molecular flexibility index (Phi) is 8.35. The van der Waals surface area contributed by atoms with Crippen molar-refractivity contribution in [2.75, 3.05) is 20.5 Å². The van der Waals surface area contributed by atoms with E-state index in [1.54, 1.807) is 20.1 Å². The molecule has 20 heavy (non-hydrogen) atoms. The molecule has 0 spiro atoms. The van der Waals surface area contributed by atoms with Gasteiger partial charge in [-0.05, 0) is 31.4 Å². The summed E-state index contributed by atoms with van der Waals surface area (Å²) in [5.74, 6) is -0.349. The first kappa shape index (κ1) is 16.4. The largest absolute Gasteiger partial charge is 0.463 e. The predicted octanol–water partition coefficient (Wildman–Crippen LogP) is 2.73. The second-order valence-corrected chi connectivity index (χ2v) is 4.25. The van der Waals surface area contributed by atoms with E-state index in [1.807, 2.05) is 18.2 Å². The maximum Gasteiger partial charge on any atom is 0.330 e. The third-order valence-corrected chi connectivity index (χ3v) is 2.69. The second-order valence-electron chi connectivity index (χ2n) is 4.25. The molecule has 1 atom stereocenters. The van der Waals surface area contributed by atoms with Crippen molar-refractivity contribution in [2.45, 2.75) is 25.9 Å². The molecule has 1 aromatic rings. The molecule has 0 aliphatic rings. The van der Waals surface area contributed by atoms with Crippen molar-refractivity contribution < 1.29 is 19.0 Å². The number of ether oxygens (including phenoxy) is 3. The fraction of sp³-hybridized carbons (Fsp3) is 0.438. The molecule has 1 aromatic carbocycles. The normalized spacial score (nSPS) is 12.5. The minimum atomic E-state index is -0.349. The summed E-state index contributed by atoms with van der Waals surface area (Å²) in [7, 11) is 1.57. The molecule has 0 amide bonds. The number of aryl methyl sites for hydroxylation is 1. The highest BCUT2D eigenvalue weighted by Crippen LogP contribution is 2.09. The van der Waals surface area contributed by atoms with Crippen molar-refractivity contribution >= 4 is 5.97 Å². The van der Waals surface area contributed by atoms with Crippen molar-refractivity contribution in [3.8, 4) is 0 Å². The number of carbonyl (C=O) groups excluding carboxylic acids is 1. The molecule has 0 bridgehead atoms. The van der Waals surface area contributed by atoms with E-state index in [-0.39, 0.29) is 18.9 Å². The monoisotopic (exact) mass is 278 g/mol. The molecule has 110 valence electrons. The van der Waals surface area contributed by atoms with Gasteiger partial charge in [0.25, 0.3) is 0 Å². The van der Waals surface area contributed by atoms with Crippen LogP contribution in [0, 0.1) is 0 Å². The van der Waals surface area contributed by atoms with Crippen LogP contribution in [-0.4, -0.2) is 32.6 Å². The van der Waals surface area contributed by atoms with Crippen LogP contribution in [0.1, 0.15) is 18.9 Å². The molecule has 1 unspecified atom stereocenters. The maximum absolute atomic E-state index is 11.3. The van der Waals surface area contributed by atoms with Crippen LogP contribution in [0.4, 0.5) is 0 Å². The maximum atomic E-state index is 11.3. The fourth-order valence-corrected chi connectivity index (χ4v) is 1.72. The smallest absolute Gasteiger partial charge is 0.330 e. The minimum absolute atomic E-state index is 0.167. The van der Waals surface area contributed by atoms with E-state index in [9.17, 15) is 4.79 Å². The van der Waals surface area contributed by atoms with E-state index in [1.165, 1.54) is 11.6 Å². The van der Waals surface area contributed by atoms with E-state index >= 15 is 0 Å². The average Bonchev–Trinajstić information content (AvgIpc) is 2.48. The Morgan fingerprint density at radius 2 is 2.05 bits per heavy atom. The van der Waals surface area contributed by atoms with Crippen LogP contribution in [0.3, 0.4) is 0 Å². The number of rotatable bonds is 9. The third kappa shape index (κ3) is 7.07. The number of esters is 1. The summed E-state index contributed by atoms with van der Waals surface area (Å²) in [4.78, 5) is 11.3. The molecule has 0 N–H and O–H groups in total. The highest BCUT2D eigenvalue weighted by atomic mass is 16.7. The van der Waals surface area contributed by atoms with Crippen LogP contribution in [-0.2, 0) is 25.4 Å². The molecule has 0 aliphatic carbocycles. The summed E-state index contributed by atoms with van der Waals surface area (Å²) in [5, 5.41) is 0. The zero-order chi connectivity index (χ0) is 14.6. The quantitative estimate of drug-likeness (QED) is 0.396. The van der Waals surface area contributed by atoms with Gasteiger partial charge in [0, 0.05) is 13.2 Å². The number of carbonyl (C=O) groups is 1. The van der Waals surface area contributed by atoms with E-state index in [2.05, 4.69) is 12.1 Å².